The Morgan fingerprint density at radius 2 is 1.60 bits per heavy atom. The molecule has 2 aliphatic carbocycles. The van der Waals surface area contributed by atoms with E-state index >= 15 is 0 Å². The van der Waals surface area contributed by atoms with Crippen molar-refractivity contribution in [1.82, 2.24) is 9.80 Å². The highest BCUT2D eigenvalue weighted by molar-refractivity contribution is 8.03. The Kier molecular flexibility index (Phi) is 15.1. The van der Waals surface area contributed by atoms with Gasteiger partial charge in [-0.1, -0.05) is 60.7 Å². The summed E-state index contributed by atoms with van der Waals surface area (Å²) in [6.45, 7) is -1.01. The van der Waals surface area contributed by atoms with Crippen molar-refractivity contribution in [2.75, 3.05) is 32.7 Å². The fraction of sp³-hybridized carbons (Fsp3) is 0.333. The van der Waals surface area contributed by atoms with Gasteiger partial charge in [0.15, 0.2) is 0 Å². The average Bonchev–Trinajstić information content (AvgIpc) is 3.32. The first-order valence-electron chi connectivity index (χ1n) is 17.7. The van der Waals surface area contributed by atoms with E-state index in [0.29, 0.717) is 29.7 Å². The Balaban J connectivity index is 1.22. The first-order valence-corrected chi connectivity index (χ1v) is 18.7. The van der Waals surface area contributed by atoms with Crippen LogP contribution < -0.4 is 0 Å². The zero-order chi connectivity index (χ0) is 40.7. The van der Waals surface area contributed by atoms with E-state index in [4.69, 9.17) is 28.4 Å². The monoisotopic (exact) mass is 805 g/mol. The first kappa shape index (κ1) is 41.9. The average molecular weight is 806 g/mol. The zero-order valence-electron chi connectivity index (χ0n) is 30.7. The van der Waals surface area contributed by atoms with Crippen LogP contribution in [-0.4, -0.2) is 108 Å². The number of allylic oxidation sites excluding steroid dienone is 7. The normalized spacial score (nSPS) is 18.7. The van der Waals surface area contributed by atoms with Crippen LogP contribution >= 0.6 is 11.8 Å². The summed E-state index contributed by atoms with van der Waals surface area (Å²) >= 11 is 1.08. The molecule has 18 heteroatoms. The Labute approximate surface area is 330 Å². The molecule has 0 bridgehead atoms. The van der Waals surface area contributed by atoms with Crippen LogP contribution in [-0.2, 0) is 47.6 Å². The molecule has 1 fully saturated rings. The number of aliphatic hydroxyl groups is 1. The molecule has 1 aromatic carbocycles. The van der Waals surface area contributed by atoms with Crippen LogP contribution in [0.1, 0.15) is 43.0 Å². The lowest BCUT2D eigenvalue weighted by atomic mass is 9.83. The van der Waals surface area contributed by atoms with Gasteiger partial charge in [-0.25, -0.2) is 28.8 Å². The van der Waals surface area contributed by atoms with Gasteiger partial charge in [0.25, 0.3) is 0 Å². The first-order chi connectivity index (χ1) is 27.5. The number of hydrogen-bond donors (Lipinski definition) is 1. The van der Waals surface area contributed by atoms with E-state index in [-0.39, 0.29) is 35.6 Å². The molecule has 17 nitrogen and oxygen atoms in total. The van der Waals surface area contributed by atoms with E-state index in [2.05, 4.69) is 4.99 Å². The number of aliphatic imine (C=N–C) groups is 1. The topological polar surface area (TPSA) is 214 Å². The van der Waals surface area contributed by atoms with Crippen LogP contribution in [0.4, 0.5) is 9.59 Å². The van der Waals surface area contributed by atoms with Crippen molar-refractivity contribution in [3.05, 3.63) is 106 Å². The minimum absolute atomic E-state index is 0.0333. The molecule has 0 spiro atoms. The molecule has 1 aromatic rings. The van der Waals surface area contributed by atoms with Gasteiger partial charge in [-0.15, -0.1) is 11.8 Å². The lowest BCUT2D eigenvalue weighted by Crippen LogP contribution is -2.61. The van der Waals surface area contributed by atoms with Crippen molar-refractivity contribution in [3.8, 4) is 0 Å². The summed E-state index contributed by atoms with van der Waals surface area (Å²) in [5.74, 6) is -4.31. The van der Waals surface area contributed by atoms with Crippen molar-refractivity contribution >= 4 is 60.1 Å². The number of β-lactam (4-membered cyclic amide) rings is 1. The second-order valence-corrected chi connectivity index (χ2v) is 13.6. The fourth-order valence-electron chi connectivity index (χ4n) is 5.84. The molecule has 2 aliphatic heterocycles. The van der Waals surface area contributed by atoms with E-state index in [1.54, 1.807) is 48.6 Å². The molecule has 2 heterocycles. The van der Waals surface area contributed by atoms with Gasteiger partial charge >= 0.3 is 36.1 Å². The van der Waals surface area contributed by atoms with Gasteiger partial charge in [0, 0.05) is 29.2 Å². The maximum absolute atomic E-state index is 13.3. The SMILES string of the molecule is CC(O)C1C(=O)N2C(C(=O)OCOC(=O)C3=CC=CCC3)=C(SCCN(/C=N/C(=O)OCOC(=O)C3=CC=CCC=C3)C(=O)OCOC(=O)c3ccccc3)CC12. The summed E-state index contributed by atoms with van der Waals surface area (Å²) < 4.78 is 30.3. The van der Waals surface area contributed by atoms with E-state index in [1.165, 1.54) is 30.0 Å². The summed E-state index contributed by atoms with van der Waals surface area (Å²) in [5, 5.41) is 10.2. The minimum Gasteiger partial charge on any atom is -0.424 e. The fourth-order valence-corrected chi connectivity index (χ4v) is 6.98. The van der Waals surface area contributed by atoms with Crippen molar-refractivity contribution in [1.29, 1.82) is 0 Å². The van der Waals surface area contributed by atoms with Gasteiger partial charge in [-0.2, -0.15) is 4.99 Å². The second kappa shape index (κ2) is 20.6. The quantitative estimate of drug-likeness (QED) is 0.0618. The molecule has 4 aliphatic rings. The van der Waals surface area contributed by atoms with Crippen LogP contribution in [0.5, 0.6) is 0 Å². The highest BCUT2D eigenvalue weighted by Crippen LogP contribution is 2.47. The van der Waals surface area contributed by atoms with Gasteiger partial charge in [0.1, 0.15) is 12.0 Å². The number of esters is 4. The zero-order valence-corrected chi connectivity index (χ0v) is 31.5. The number of aliphatic hydroxyl groups excluding tert-OH is 1. The van der Waals surface area contributed by atoms with Crippen LogP contribution in [0.15, 0.2) is 106 Å². The van der Waals surface area contributed by atoms with Gasteiger partial charge in [-0.3, -0.25) is 9.69 Å². The number of carbonyl (C=O) groups excluding carboxylic acids is 7. The molecule has 300 valence electrons. The Morgan fingerprint density at radius 1 is 0.895 bits per heavy atom. The third-order valence-electron chi connectivity index (χ3n) is 8.65. The van der Waals surface area contributed by atoms with Crippen LogP contribution in [0.2, 0.25) is 0 Å². The third-order valence-corrected chi connectivity index (χ3v) is 9.75. The number of carbonyl (C=O) groups is 7. The number of ether oxygens (including phenoxy) is 6. The Hall–Kier alpha value is -6.27. The van der Waals surface area contributed by atoms with E-state index in [0.717, 1.165) is 23.0 Å². The molecule has 3 unspecified atom stereocenters. The Bertz CT molecular complexity index is 1950. The largest absolute Gasteiger partial charge is 0.437 e. The number of rotatable bonds is 16. The predicted molar refractivity (Wildman–Crippen MR) is 200 cm³/mol. The van der Waals surface area contributed by atoms with Gasteiger partial charge < -0.3 is 38.4 Å². The van der Waals surface area contributed by atoms with E-state index in [1.807, 2.05) is 12.2 Å². The summed E-state index contributed by atoms with van der Waals surface area (Å²) in [5.41, 5.74) is 0.772. The predicted octanol–water partition coefficient (Wildman–Crippen LogP) is 4.22. The number of nitrogens with zero attached hydrogens (tertiary/aromatic N) is 3. The summed E-state index contributed by atoms with van der Waals surface area (Å²) in [7, 11) is 0. The molecule has 1 saturated heterocycles. The molecule has 1 N–H and O–H groups in total. The van der Waals surface area contributed by atoms with Crippen LogP contribution in [0.25, 0.3) is 0 Å². The molecule has 5 rings (SSSR count). The van der Waals surface area contributed by atoms with Crippen LogP contribution in [0, 0.1) is 5.92 Å². The second-order valence-electron chi connectivity index (χ2n) is 12.4. The van der Waals surface area contributed by atoms with Gasteiger partial charge in [0.2, 0.25) is 26.3 Å². The Morgan fingerprint density at radius 3 is 2.35 bits per heavy atom. The standard InChI is InChI=1S/C39H39N3O14S/c1-25(43)31-29-20-30(32(42(29)33(31)44)37(48)54-22-51-34(45)27-14-8-4-9-15-27)57-19-18-41(39(50)56-24-53-36(47)28-16-10-5-11-17-28)21-40-38(49)55-23-52-35(46)26-12-6-2-3-7-13-26/h2,4-8,10-14,16-17,21,25,29,31,43H,3,9,15,18-20,22-24H2,1H3/b40-21+. The van der Waals surface area contributed by atoms with Crippen molar-refractivity contribution in [3.63, 3.8) is 0 Å². The molecular weight excluding hydrogens is 767 g/mol. The van der Waals surface area contributed by atoms with Crippen LogP contribution in [0.3, 0.4) is 0 Å². The highest BCUT2D eigenvalue weighted by Gasteiger charge is 2.57. The summed E-state index contributed by atoms with van der Waals surface area (Å²) in [6.07, 6.45) is 13.0. The third kappa shape index (κ3) is 11.4. The van der Waals surface area contributed by atoms with E-state index < -0.39 is 80.4 Å². The van der Waals surface area contributed by atoms with Crippen molar-refractivity contribution in [2.45, 2.75) is 44.8 Å². The van der Waals surface area contributed by atoms with Crippen molar-refractivity contribution in [2.24, 2.45) is 10.9 Å². The molecule has 57 heavy (non-hydrogen) atoms. The minimum atomic E-state index is -1.22. The van der Waals surface area contributed by atoms with Gasteiger partial charge in [0.05, 0.1) is 29.2 Å². The number of amides is 3. The molecular formula is C39H39N3O14S. The number of thioether (sulfide) groups is 1. The summed E-state index contributed by atoms with van der Waals surface area (Å²) in [6, 6.07) is 7.42. The number of fused-ring (bicyclic) bond motifs is 1. The maximum atomic E-state index is 13.3. The smallest absolute Gasteiger partial charge is 0.424 e. The van der Waals surface area contributed by atoms with E-state index in [9.17, 15) is 38.7 Å². The highest BCUT2D eigenvalue weighted by atomic mass is 32.2. The molecule has 0 saturated carbocycles. The number of hydrogen-bond acceptors (Lipinski definition) is 15. The lowest BCUT2D eigenvalue weighted by molar-refractivity contribution is -0.169. The molecule has 0 radical (unpaired) electrons. The molecule has 3 amide bonds. The number of benzene rings is 1. The summed E-state index contributed by atoms with van der Waals surface area (Å²) in [4.78, 5) is 94.9. The lowest BCUT2D eigenvalue weighted by Gasteiger charge is -2.44. The van der Waals surface area contributed by atoms with Crippen molar-refractivity contribution < 1.29 is 67.1 Å². The maximum Gasteiger partial charge on any atom is 0.437 e. The molecule has 0 aromatic heterocycles. The van der Waals surface area contributed by atoms with Gasteiger partial charge in [-0.05, 0) is 44.4 Å². The molecule has 3 atom stereocenters.